The first-order valence-corrected chi connectivity index (χ1v) is 7.97. The van der Waals surface area contributed by atoms with E-state index >= 15 is 0 Å². The monoisotopic (exact) mass is 326 g/mol. The number of hydrogen-bond donors (Lipinski definition) is 0. The van der Waals surface area contributed by atoms with E-state index in [9.17, 15) is 8.78 Å². The Kier molecular flexibility index (Phi) is 3.42. The van der Waals surface area contributed by atoms with Gasteiger partial charge in [0.25, 0.3) is 0 Å². The minimum Gasteiger partial charge on any atom is -0.297 e. The number of fused-ring (bicyclic) bond motifs is 1. The van der Waals surface area contributed by atoms with Gasteiger partial charge >= 0.3 is 0 Å². The van der Waals surface area contributed by atoms with Crippen molar-refractivity contribution in [3.63, 3.8) is 0 Å². The first-order valence-electron chi connectivity index (χ1n) is 7.15. The average Bonchev–Trinajstić information content (AvgIpc) is 3.09. The summed E-state index contributed by atoms with van der Waals surface area (Å²) in [5.41, 5.74) is 2.78. The number of benzene rings is 2. The molecule has 114 valence electrons. The number of rotatable bonds is 3. The quantitative estimate of drug-likeness (QED) is 0.522. The van der Waals surface area contributed by atoms with Gasteiger partial charge < -0.3 is 0 Å². The number of aromatic nitrogens is 2. The largest absolute Gasteiger partial charge is 0.297 e. The van der Waals surface area contributed by atoms with Gasteiger partial charge in [0.1, 0.15) is 11.6 Å². The zero-order valence-electron chi connectivity index (χ0n) is 12.0. The fraction of sp³-hybridized carbons (Fsp3) is 0.0556. The molecular weight excluding hydrogens is 314 g/mol. The van der Waals surface area contributed by atoms with E-state index in [0.29, 0.717) is 0 Å². The van der Waals surface area contributed by atoms with Gasteiger partial charge in [-0.2, -0.15) is 0 Å². The summed E-state index contributed by atoms with van der Waals surface area (Å²) in [5.74, 6) is -0.477. The number of halogens is 2. The van der Waals surface area contributed by atoms with Crippen LogP contribution in [-0.4, -0.2) is 9.38 Å². The van der Waals surface area contributed by atoms with Crippen LogP contribution in [0, 0.1) is 11.6 Å². The Balaban J connectivity index is 1.61. The molecule has 2 aromatic heterocycles. The Morgan fingerprint density at radius 3 is 2.17 bits per heavy atom. The smallest absolute Gasteiger partial charge is 0.194 e. The van der Waals surface area contributed by atoms with Gasteiger partial charge in [-0.15, -0.1) is 11.3 Å². The van der Waals surface area contributed by atoms with Crippen molar-refractivity contribution in [3.8, 4) is 11.3 Å². The van der Waals surface area contributed by atoms with Crippen LogP contribution in [0.2, 0.25) is 0 Å². The van der Waals surface area contributed by atoms with Gasteiger partial charge in [0.05, 0.1) is 5.69 Å². The molecule has 0 aliphatic heterocycles. The van der Waals surface area contributed by atoms with Crippen LogP contribution in [0.4, 0.5) is 8.78 Å². The lowest BCUT2D eigenvalue weighted by Gasteiger charge is -1.98. The lowest BCUT2D eigenvalue weighted by atomic mass is 10.1. The summed E-state index contributed by atoms with van der Waals surface area (Å²) in [7, 11) is 0. The first kappa shape index (κ1) is 14.1. The second-order valence-electron chi connectivity index (χ2n) is 5.32. The Labute approximate surface area is 135 Å². The number of nitrogens with zero attached hydrogens (tertiary/aromatic N) is 2. The van der Waals surface area contributed by atoms with E-state index in [1.807, 2.05) is 16.8 Å². The highest BCUT2D eigenvalue weighted by atomic mass is 32.1. The molecule has 2 nitrogen and oxygen atoms in total. The molecule has 23 heavy (non-hydrogen) atoms. The summed E-state index contributed by atoms with van der Waals surface area (Å²) in [6.07, 6.45) is 4.72. The maximum atomic E-state index is 13.0. The van der Waals surface area contributed by atoms with Crippen molar-refractivity contribution in [1.82, 2.24) is 9.38 Å². The Hall–Kier alpha value is -2.53. The molecule has 0 amide bonds. The van der Waals surface area contributed by atoms with Crippen molar-refractivity contribution in [3.05, 3.63) is 83.0 Å². The Morgan fingerprint density at radius 1 is 0.870 bits per heavy atom. The lowest BCUT2D eigenvalue weighted by Crippen LogP contribution is -1.85. The zero-order chi connectivity index (χ0) is 15.8. The third kappa shape index (κ3) is 2.87. The normalized spacial score (nSPS) is 11.2. The van der Waals surface area contributed by atoms with Crippen molar-refractivity contribution >= 4 is 16.3 Å². The number of thiazole rings is 1. The van der Waals surface area contributed by atoms with E-state index in [1.54, 1.807) is 35.6 Å². The SMILES string of the molecule is Fc1ccc(Cc2cn3cc(-c4ccc(F)cc4)nc3s2)cc1. The van der Waals surface area contributed by atoms with Crippen molar-refractivity contribution in [2.24, 2.45) is 0 Å². The van der Waals surface area contributed by atoms with E-state index in [2.05, 4.69) is 4.98 Å². The van der Waals surface area contributed by atoms with Gasteiger partial charge in [0, 0.05) is 29.3 Å². The van der Waals surface area contributed by atoms with Crippen LogP contribution in [0.1, 0.15) is 10.4 Å². The maximum absolute atomic E-state index is 13.0. The summed E-state index contributed by atoms with van der Waals surface area (Å²) >= 11 is 1.60. The van der Waals surface area contributed by atoms with E-state index in [1.165, 1.54) is 24.3 Å². The van der Waals surface area contributed by atoms with Gasteiger partial charge in [-0.1, -0.05) is 12.1 Å². The highest BCUT2D eigenvalue weighted by molar-refractivity contribution is 7.17. The fourth-order valence-corrected chi connectivity index (χ4v) is 3.48. The van der Waals surface area contributed by atoms with Crippen molar-refractivity contribution < 1.29 is 8.78 Å². The molecule has 0 saturated carbocycles. The van der Waals surface area contributed by atoms with Gasteiger partial charge in [-0.3, -0.25) is 4.40 Å². The molecule has 0 spiro atoms. The molecule has 0 N–H and O–H groups in total. The minimum atomic E-state index is -0.253. The Bertz CT molecular complexity index is 922. The second kappa shape index (κ2) is 5.59. The fourth-order valence-electron chi connectivity index (χ4n) is 2.49. The van der Waals surface area contributed by atoms with Crippen molar-refractivity contribution in [2.75, 3.05) is 0 Å². The van der Waals surface area contributed by atoms with E-state index in [4.69, 9.17) is 0 Å². The molecule has 0 fully saturated rings. The van der Waals surface area contributed by atoms with Crippen LogP contribution in [0.5, 0.6) is 0 Å². The molecule has 2 aromatic carbocycles. The predicted octanol–water partition coefficient (Wildman–Crippen LogP) is 4.93. The molecule has 0 radical (unpaired) electrons. The van der Waals surface area contributed by atoms with Gasteiger partial charge in [0.2, 0.25) is 0 Å². The van der Waals surface area contributed by atoms with Crippen LogP contribution in [-0.2, 0) is 6.42 Å². The summed E-state index contributed by atoms with van der Waals surface area (Å²) in [6, 6.07) is 12.8. The lowest BCUT2D eigenvalue weighted by molar-refractivity contribution is 0.627. The van der Waals surface area contributed by atoms with Crippen molar-refractivity contribution in [1.29, 1.82) is 0 Å². The summed E-state index contributed by atoms with van der Waals surface area (Å²) in [6.45, 7) is 0. The highest BCUT2D eigenvalue weighted by Crippen LogP contribution is 2.25. The zero-order valence-corrected chi connectivity index (χ0v) is 12.9. The molecule has 2 heterocycles. The molecular formula is C18H12F2N2S. The van der Waals surface area contributed by atoms with Crippen LogP contribution >= 0.6 is 11.3 Å². The summed E-state index contributed by atoms with van der Waals surface area (Å²) < 4.78 is 27.9. The molecule has 0 saturated heterocycles. The van der Waals surface area contributed by atoms with Gasteiger partial charge in [-0.05, 0) is 42.0 Å². The van der Waals surface area contributed by atoms with E-state index < -0.39 is 0 Å². The van der Waals surface area contributed by atoms with Gasteiger partial charge in [-0.25, -0.2) is 13.8 Å². The van der Waals surface area contributed by atoms with Crippen LogP contribution in [0.3, 0.4) is 0 Å². The third-order valence-corrected chi connectivity index (χ3v) is 4.63. The van der Waals surface area contributed by atoms with Crippen LogP contribution < -0.4 is 0 Å². The molecule has 0 bridgehead atoms. The molecule has 4 rings (SSSR count). The Morgan fingerprint density at radius 2 is 1.52 bits per heavy atom. The second-order valence-corrected chi connectivity index (χ2v) is 6.42. The van der Waals surface area contributed by atoms with E-state index in [0.717, 1.165) is 33.1 Å². The maximum Gasteiger partial charge on any atom is 0.194 e. The minimum absolute atomic E-state index is 0.223. The van der Waals surface area contributed by atoms with Crippen LogP contribution in [0.25, 0.3) is 16.2 Å². The number of hydrogen-bond acceptors (Lipinski definition) is 2. The van der Waals surface area contributed by atoms with Crippen LogP contribution in [0.15, 0.2) is 60.9 Å². The summed E-state index contributed by atoms with van der Waals surface area (Å²) in [4.78, 5) is 6.64. The van der Waals surface area contributed by atoms with Gasteiger partial charge in [0.15, 0.2) is 4.96 Å². The third-order valence-electron chi connectivity index (χ3n) is 3.64. The van der Waals surface area contributed by atoms with Crippen molar-refractivity contribution in [2.45, 2.75) is 6.42 Å². The first-order chi connectivity index (χ1) is 11.2. The molecule has 0 atom stereocenters. The molecule has 4 aromatic rings. The molecule has 5 heteroatoms. The number of imidazole rings is 1. The molecule has 0 unspecified atom stereocenters. The standard InChI is InChI=1S/C18H12F2N2S/c19-14-5-1-12(2-6-14)9-16-10-22-11-17(21-18(22)23-16)13-3-7-15(20)8-4-13/h1-8,10-11H,9H2. The predicted molar refractivity (Wildman–Crippen MR) is 87.7 cm³/mol. The average molecular weight is 326 g/mol. The topological polar surface area (TPSA) is 17.3 Å². The van der Waals surface area contributed by atoms with E-state index in [-0.39, 0.29) is 11.6 Å². The molecule has 0 aliphatic rings. The highest BCUT2D eigenvalue weighted by Gasteiger charge is 2.09. The summed E-state index contributed by atoms with van der Waals surface area (Å²) in [5, 5.41) is 0. The molecule has 0 aliphatic carbocycles.